The van der Waals surface area contributed by atoms with Crippen molar-refractivity contribution in [2.75, 3.05) is 5.01 Å². The van der Waals surface area contributed by atoms with Gasteiger partial charge in [0, 0.05) is 6.20 Å². The van der Waals surface area contributed by atoms with Crippen molar-refractivity contribution in [3.8, 4) is 5.69 Å². The number of rotatable bonds is 3. The van der Waals surface area contributed by atoms with E-state index in [1.165, 1.54) is 24.3 Å². The minimum absolute atomic E-state index is 0.346. The first-order valence-corrected chi connectivity index (χ1v) is 7.93. The van der Waals surface area contributed by atoms with Crippen molar-refractivity contribution in [3.05, 3.63) is 103 Å². The van der Waals surface area contributed by atoms with Crippen molar-refractivity contribution >= 4 is 11.4 Å². The van der Waals surface area contributed by atoms with Crippen LogP contribution in [0.1, 0.15) is 5.69 Å². The number of benzene rings is 2. The number of hydrazone groups is 1. The second-order valence-electron chi connectivity index (χ2n) is 5.72. The van der Waals surface area contributed by atoms with E-state index in [2.05, 4.69) is 16.8 Å². The van der Waals surface area contributed by atoms with E-state index in [4.69, 9.17) is 0 Å². The van der Waals surface area contributed by atoms with Gasteiger partial charge in [0.2, 0.25) is 0 Å². The average molecular weight is 348 g/mol. The molecule has 0 unspecified atom stereocenters. The van der Waals surface area contributed by atoms with Crippen LogP contribution in [0.25, 0.3) is 5.69 Å². The fourth-order valence-electron chi connectivity index (χ4n) is 2.72. The van der Waals surface area contributed by atoms with Crippen LogP contribution in [0.3, 0.4) is 0 Å². The van der Waals surface area contributed by atoms with Crippen LogP contribution in [0.4, 0.5) is 14.5 Å². The van der Waals surface area contributed by atoms with Crippen molar-refractivity contribution in [1.82, 2.24) is 9.78 Å². The molecule has 26 heavy (non-hydrogen) atoms. The Morgan fingerprint density at radius 2 is 1.58 bits per heavy atom. The van der Waals surface area contributed by atoms with Gasteiger partial charge in [-0.2, -0.15) is 10.2 Å². The van der Waals surface area contributed by atoms with E-state index in [-0.39, 0.29) is 11.6 Å². The number of hydrogen-bond donors (Lipinski definition) is 0. The van der Waals surface area contributed by atoms with Gasteiger partial charge in [-0.3, -0.25) is 0 Å². The maximum Gasteiger partial charge on any atom is 0.125 e. The summed E-state index contributed by atoms with van der Waals surface area (Å²) in [4.78, 5) is 0. The Morgan fingerprint density at radius 3 is 2.31 bits per heavy atom. The summed E-state index contributed by atoms with van der Waals surface area (Å²) < 4.78 is 28.7. The Balaban J connectivity index is 1.78. The van der Waals surface area contributed by atoms with Gasteiger partial charge in [-0.25, -0.2) is 18.5 Å². The highest BCUT2D eigenvalue weighted by Gasteiger charge is 2.19. The predicted molar refractivity (Wildman–Crippen MR) is 97.2 cm³/mol. The number of allylic oxidation sites excluding steroid dienone is 2. The van der Waals surface area contributed by atoms with E-state index in [0.29, 0.717) is 28.4 Å². The van der Waals surface area contributed by atoms with E-state index in [1.54, 1.807) is 58.5 Å². The minimum atomic E-state index is -0.352. The smallest absolute Gasteiger partial charge is 0.125 e. The van der Waals surface area contributed by atoms with Gasteiger partial charge in [-0.1, -0.05) is 18.7 Å². The first-order chi connectivity index (χ1) is 12.6. The SMILES string of the molecule is C=C1C=CN(c2cccc(F)c2)N=C1c1ccnn1-c1cccc(F)c1. The third kappa shape index (κ3) is 2.93. The second-order valence-corrected chi connectivity index (χ2v) is 5.72. The van der Waals surface area contributed by atoms with Crippen LogP contribution in [0.5, 0.6) is 0 Å². The van der Waals surface area contributed by atoms with E-state index >= 15 is 0 Å². The van der Waals surface area contributed by atoms with Gasteiger partial charge in [0.1, 0.15) is 17.3 Å². The molecule has 2 heterocycles. The topological polar surface area (TPSA) is 33.4 Å². The molecule has 0 bridgehead atoms. The van der Waals surface area contributed by atoms with Crippen LogP contribution in [-0.4, -0.2) is 15.5 Å². The average Bonchev–Trinajstić information content (AvgIpc) is 3.12. The highest BCUT2D eigenvalue weighted by molar-refractivity contribution is 6.14. The van der Waals surface area contributed by atoms with Gasteiger partial charge in [0.05, 0.1) is 23.3 Å². The van der Waals surface area contributed by atoms with Crippen LogP contribution in [0, 0.1) is 11.6 Å². The van der Waals surface area contributed by atoms with E-state index in [1.807, 2.05) is 0 Å². The quantitative estimate of drug-likeness (QED) is 0.701. The number of halogens is 2. The molecule has 4 nitrogen and oxygen atoms in total. The zero-order valence-corrected chi connectivity index (χ0v) is 13.7. The Bertz CT molecular complexity index is 1050. The Labute approximate surface area is 149 Å². The molecule has 3 aromatic rings. The summed E-state index contributed by atoms with van der Waals surface area (Å²) in [5, 5.41) is 10.4. The summed E-state index contributed by atoms with van der Waals surface area (Å²) in [7, 11) is 0. The molecule has 4 rings (SSSR count). The summed E-state index contributed by atoms with van der Waals surface area (Å²) in [5.74, 6) is -0.698. The highest BCUT2D eigenvalue weighted by Crippen LogP contribution is 2.24. The van der Waals surface area contributed by atoms with Crippen molar-refractivity contribution in [1.29, 1.82) is 0 Å². The van der Waals surface area contributed by atoms with Gasteiger partial charge in [0.25, 0.3) is 0 Å². The number of hydrogen-bond acceptors (Lipinski definition) is 3. The van der Waals surface area contributed by atoms with Gasteiger partial charge in [0.15, 0.2) is 0 Å². The second kappa shape index (κ2) is 6.40. The first kappa shape index (κ1) is 16.0. The van der Waals surface area contributed by atoms with E-state index < -0.39 is 0 Å². The molecule has 6 heteroatoms. The van der Waals surface area contributed by atoms with Crippen LogP contribution in [0.2, 0.25) is 0 Å². The minimum Gasteiger partial charge on any atom is -0.240 e. The molecule has 0 fully saturated rings. The predicted octanol–water partition coefficient (Wildman–Crippen LogP) is 4.44. The van der Waals surface area contributed by atoms with Gasteiger partial charge in [-0.15, -0.1) is 0 Å². The molecular weight excluding hydrogens is 334 g/mol. The zero-order valence-electron chi connectivity index (χ0n) is 13.7. The molecule has 0 aliphatic carbocycles. The molecule has 0 saturated carbocycles. The lowest BCUT2D eigenvalue weighted by molar-refractivity contribution is 0.625. The Hall–Kier alpha value is -3.54. The molecule has 2 aromatic carbocycles. The molecule has 0 saturated heterocycles. The summed E-state index contributed by atoms with van der Waals surface area (Å²) in [6.45, 7) is 4.02. The zero-order chi connectivity index (χ0) is 18.1. The molecule has 128 valence electrons. The van der Waals surface area contributed by atoms with Crippen LogP contribution in [-0.2, 0) is 0 Å². The van der Waals surface area contributed by atoms with Crippen molar-refractivity contribution in [2.24, 2.45) is 5.10 Å². The third-order valence-electron chi connectivity index (χ3n) is 3.94. The molecular formula is C20H14F2N4. The maximum absolute atomic E-state index is 13.6. The highest BCUT2D eigenvalue weighted by atomic mass is 19.1. The first-order valence-electron chi connectivity index (χ1n) is 7.93. The molecule has 1 aliphatic rings. The maximum atomic E-state index is 13.6. The third-order valence-corrected chi connectivity index (χ3v) is 3.94. The fraction of sp³-hybridized carbons (Fsp3) is 0. The molecule has 0 atom stereocenters. The normalized spacial score (nSPS) is 13.8. The van der Waals surface area contributed by atoms with Crippen LogP contribution >= 0.6 is 0 Å². The van der Waals surface area contributed by atoms with E-state index in [9.17, 15) is 8.78 Å². The monoisotopic (exact) mass is 348 g/mol. The largest absolute Gasteiger partial charge is 0.240 e. The van der Waals surface area contributed by atoms with Crippen LogP contribution < -0.4 is 5.01 Å². The number of anilines is 1. The van der Waals surface area contributed by atoms with E-state index in [0.717, 1.165) is 0 Å². The Kier molecular flexibility index (Phi) is 3.93. The number of nitrogens with zero attached hydrogens (tertiary/aromatic N) is 4. The lowest BCUT2D eigenvalue weighted by Gasteiger charge is -2.22. The van der Waals surface area contributed by atoms with Crippen LogP contribution in [0.15, 0.2) is 90.3 Å². The van der Waals surface area contributed by atoms with Crippen molar-refractivity contribution in [2.45, 2.75) is 0 Å². The molecule has 0 N–H and O–H groups in total. The number of aromatic nitrogens is 2. The molecule has 0 radical (unpaired) electrons. The van der Waals surface area contributed by atoms with Crippen molar-refractivity contribution in [3.63, 3.8) is 0 Å². The van der Waals surface area contributed by atoms with Gasteiger partial charge in [-0.05, 0) is 54.1 Å². The standard InChI is InChI=1S/C20H14F2N4/c1-14-9-11-25(17-6-2-4-15(21)12-17)24-20(14)19-8-10-23-26(19)18-7-3-5-16(22)13-18/h2-13H,1H2. The van der Waals surface area contributed by atoms with Gasteiger partial charge >= 0.3 is 0 Å². The lowest BCUT2D eigenvalue weighted by atomic mass is 10.1. The molecule has 0 amide bonds. The molecule has 0 spiro atoms. The molecule has 1 aromatic heterocycles. The van der Waals surface area contributed by atoms with Crippen molar-refractivity contribution < 1.29 is 8.78 Å². The molecule has 1 aliphatic heterocycles. The summed E-state index contributed by atoms with van der Waals surface area (Å²) in [6, 6.07) is 14.1. The Morgan fingerprint density at radius 1 is 0.885 bits per heavy atom. The summed E-state index contributed by atoms with van der Waals surface area (Å²) in [6.07, 6.45) is 5.11. The summed E-state index contributed by atoms with van der Waals surface area (Å²) in [5.41, 5.74) is 3.07. The van der Waals surface area contributed by atoms with Gasteiger partial charge < -0.3 is 0 Å². The lowest BCUT2D eigenvalue weighted by Crippen LogP contribution is -2.21. The fourth-order valence-corrected chi connectivity index (χ4v) is 2.72. The summed E-state index contributed by atoms with van der Waals surface area (Å²) >= 11 is 0.